The second kappa shape index (κ2) is 8.11. The average molecular weight is 389 g/mol. The van der Waals surface area contributed by atoms with Gasteiger partial charge in [-0.2, -0.15) is 5.10 Å². The molecule has 1 amide bonds. The summed E-state index contributed by atoms with van der Waals surface area (Å²) in [5.41, 5.74) is 5.07. The number of hydrogen-bond donors (Lipinski definition) is 0. The zero-order valence-electron chi connectivity index (χ0n) is 17.3. The quantitative estimate of drug-likeness (QED) is 0.603. The van der Waals surface area contributed by atoms with Crippen molar-refractivity contribution in [2.24, 2.45) is 0 Å². The largest absolute Gasteiger partial charge is 0.497 e. The molecule has 4 rings (SSSR count). The number of aromatic nitrogens is 2. The third-order valence-corrected chi connectivity index (χ3v) is 5.37. The minimum Gasteiger partial charge on any atom is -0.497 e. The number of amides is 1. The van der Waals surface area contributed by atoms with E-state index in [4.69, 9.17) is 4.74 Å². The van der Waals surface area contributed by atoms with Crippen LogP contribution in [0.2, 0.25) is 0 Å². The molecule has 0 N–H and O–H groups in total. The van der Waals surface area contributed by atoms with Gasteiger partial charge in [-0.1, -0.05) is 24.3 Å². The molecule has 1 heterocycles. The predicted molar refractivity (Wildman–Crippen MR) is 113 cm³/mol. The number of rotatable bonds is 7. The zero-order chi connectivity index (χ0) is 20.4. The number of aryl methyl sites for hydroxylation is 2. The number of carbonyl (C=O) groups excluding carboxylic acids is 1. The van der Waals surface area contributed by atoms with E-state index >= 15 is 0 Å². The van der Waals surface area contributed by atoms with Crippen molar-refractivity contribution >= 4 is 5.91 Å². The Labute approximate surface area is 171 Å². The van der Waals surface area contributed by atoms with E-state index in [0.29, 0.717) is 19.1 Å². The second-order valence-electron chi connectivity index (χ2n) is 7.80. The standard InChI is InChI=1S/C24H27N3O2/c1-17-13-18(2)27(25-17)16-20-5-4-6-21(14-20)24(28)26(22-9-10-22)15-19-7-11-23(29-3)12-8-19/h4-8,11-14,22H,9-10,15-16H2,1-3H3. The van der Waals surface area contributed by atoms with Crippen molar-refractivity contribution in [2.75, 3.05) is 7.11 Å². The Kier molecular flexibility index (Phi) is 5.38. The van der Waals surface area contributed by atoms with Crippen LogP contribution in [0.1, 0.15) is 45.7 Å². The van der Waals surface area contributed by atoms with Crippen LogP contribution in [0.3, 0.4) is 0 Å². The highest BCUT2D eigenvalue weighted by atomic mass is 16.5. The maximum atomic E-state index is 13.3. The van der Waals surface area contributed by atoms with Crippen molar-refractivity contribution in [1.29, 1.82) is 0 Å². The Morgan fingerprint density at radius 3 is 2.48 bits per heavy atom. The fourth-order valence-electron chi connectivity index (χ4n) is 3.66. The lowest BCUT2D eigenvalue weighted by molar-refractivity contribution is 0.0730. The number of carbonyl (C=O) groups is 1. The highest BCUT2D eigenvalue weighted by Crippen LogP contribution is 2.30. The monoisotopic (exact) mass is 389 g/mol. The Hall–Kier alpha value is -3.08. The van der Waals surface area contributed by atoms with Crippen molar-refractivity contribution in [3.63, 3.8) is 0 Å². The van der Waals surface area contributed by atoms with E-state index in [1.807, 2.05) is 59.0 Å². The smallest absolute Gasteiger partial charge is 0.254 e. The van der Waals surface area contributed by atoms with Gasteiger partial charge in [-0.05, 0) is 68.1 Å². The number of hydrogen-bond acceptors (Lipinski definition) is 3. The Bertz CT molecular complexity index is 1000. The summed E-state index contributed by atoms with van der Waals surface area (Å²) in [7, 11) is 1.66. The SMILES string of the molecule is COc1ccc(CN(C(=O)c2cccc(Cn3nc(C)cc3C)c2)C2CC2)cc1. The summed E-state index contributed by atoms with van der Waals surface area (Å²) in [6.45, 7) is 5.34. The van der Waals surface area contributed by atoms with Crippen LogP contribution >= 0.6 is 0 Å². The second-order valence-corrected chi connectivity index (χ2v) is 7.80. The molecule has 1 aromatic heterocycles. The molecule has 0 bridgehead atoms. The fraction of sp³-hybridized carbons (Fsp3) is 0.333. The first-order chi connectivity index (χ1) is 14.0. The zero-order valence-corrected chi connectivity index (χ0v) is 17.3. The number of ether oxygens (including phenoxy) is 1. The molecule has 29 heavy (non-hydrogen) atoms. The van der Waals surface area contributed by atoms with Crippen molar-refractivity contribution < 1.29 is 9.53 Å². The topological polar surface area (TPSA) is 47.4 Å². The summed E-state index contributed by atoms with van der Waals surface area (Å²) in [6.07, 6.45) is 2.15. The Balaban J connectivity index is 1.52. The third kappa shape index (κ3) is 4.50. The molecule has 150 valence electrons. The minimum absolute atomic E-state index is 0.0959. The predicted octanol–water partition coefficient (Wildman–Crippen LogP) is 4.36. The number of benzene rings is 2. The molecule has 0 unspecified atom stereocenters. The van der Waals surface area contributed by atoms with Gasteiger partial charge in [-0.25, -0.2) is 0 Å². The lowest BCUT2D eigenvalue weighted by Gasteiger charge is -2.23. The van der Waals surface area contributed by atoms with Crippen molar-refractivity contribution in [3.8, 4) is 5.75 Å². The minimum atomic E-state index is 0.0959. The molecule has 0 spiro atoms. The molecule has 0 saturated heterocycles. The van der Waals surface area contributed by atoms with Crippen LogP contribution in [-0.4, -0.2) is 33.7 Å². The van der Waals surface area contributed by atoms with Crippen LogP contribution in [0.15, 0.2) is 54.6 Å². The molecule has 0 radical (unpaired) electrons. The molecule has 0 aliphatic heterocycles. The lowest BCUT2D eigenvalue weighted by atomic mass is 10.1. The lowest BCUT2D eigenvalue weighted by Crippen LogP contribution is -2.32. The van der Waals surface area contributed by atoms with Crippen LogP contribution < -0.4 is 4.74 Å². The van der Waals surface area contributed by atoms with E-state index in [0.717, 1.165) is 46.7 Å². The van der Waals surface area contributed by atoms with Gasteiger partial charge in [0.15, 0.2) is 0 Å². The number of methoxy groups -OCH3 is 1. The average Bonchev–Trinajstić information content (AvgIpc) is 3.52. The molecule has 1 aliphatic carbocycles. The Morgan fingerprint density at radius 1 is 1.10 bits per heavy atom. The van der Waals surface area contributed by atoms with Gasteiger partial charge in [-0.3, -0.25) is 9.48 Å². The van der Waals surface area contributed by atoms with Gasteiger partial charge in [0.1, 0.15) is 5.75 Å². The van der Waals surface area contributed by atoms with Gasteiger partial charge in [0, 0.05) is 23.8 Å². The first kappa shape index (κ1) is 19.2. The molecule has 3 aromatic rings. The molecular weight excluding hydrogens is 362 g/mol. The first-order valence-corrected chi connectivity index (χ1v) is 10.1. The molecule has 1 fully saturated rings. The van der Waals surface area contributed by atoms with E-state index < -0.39 is 0 Å². The molecule has 0 atom stereocenters. The third-order valence-electron chi connectivity index (χ3n) is 5.37. The first-order valence-electron chi connectivity index (χ1n) is 10.1. The van der Waals surface area contributed by atoms with E-state index in [9.17, 15) is 4.79 Å². The van der Waals surface area contributed by atoms with E-state index in [-0.39, 0.29) is 5.91 Å². The maximum Gasteiger partial charge on any atom is 0.254 e. The van der Waals surface area contributed by atoms with E-state index in [1.54, 1.807) is 7.11 Å². The van der Waals surface area contributed by atoms with Crippen LogP contribution in [0.25, 0.3) is 0 Å². The Morgan fingerprint density at radius 2 is 1.86 bits per heavy atom. The highest BCUT2D eigenvalue weighted by Gasteiger charge is 2.33. The van der Waals surface area contributed by atoms with E-state index in [1.165, 1.54) is 0 Å². The van der Waals surface area contributed by atoms with Crippen molar-refractivity contribution in [1.82, 2.24) is 14.7 Å². The molecule has 1 saturated carbocycles. The van der Waals surface area contributed by atoms with Gasteiger partial charge < -0.3 is 9.64 Å². The molecule has 5 nitrogen and oxygen atoms in total. The summed E-state index contributed by atoms with van der Waals surface area (Å²) < 4.78 is 7.22. The van der Waals surface area contributed by atoms with Crippen LogP contribution in [0.4, 0.5) is 0 Å². The fourth-order valence-corrected chi connectivity index (χ4v) is 3.66. The summed E-state index contributed by atoms with van der Waals surface area (Å²) in [5.74, 6) is 0.924. The van der Waals surface area contributed by atoms with Gasteiger partial charge in [0.05, 0.1) is 19.3 Å². The van der Waals surface area contributed by atoms with Crippen LogP contribution in [0.5, 0.6) is 5.75 Å². The van der Waals surface area contributed by atoms with Crippen LogP contribution in [-0.2, 0) is 13.1 Å². The van der Waals surface area contributed by atoms with Gasteiger partial charge in [0.2, 0.25) is 0 Å². The molecule has 1 aliphatic rings. The van der Waals surface area contributed by atoms with Crippen LogP contribution in [0, 0.1) is 13.8 Å². The summed E-state index contributed by atoms with van der Waals surface area (Å²) in [5, 5.41) is 4.53. The maximum absolute atomic E-state index is 13.3. The summed E-state index contributed by atoms with van der Waals surface area (Å²) in [4.78, 5) is 15.3. The highest BCUT2D eigenvalue weighted by molar-refractivity contribution is 5.94. The van der Waals surface area contributed by atoms with Gasteiger partial charge in [0.25, 0.3) is 5.91 Å². The number of nitrogens with zero attached hydrogens (tertiary/aromatic N) is 3. The van der Waals surface area contributed by atoms with Crippen molar-refractivity contribution in [3.05, 3.63) is 82.7 Å². The van der Waals surface area contributed by atoms with Gasteiger partial charge in [-0.15, -0.1) is 0 Å². The summed E-state index contributed by atoms with van der Waals surface area (Å²) >= 11 is 0. The molecule has 2 aromatic carbocycles. The van der Waals surface area contributed by atoms with E-state index in [2.05, 4.69) is 24.2 Å². The van der Waals surface area contributed by atoms with Crippen molar-refractivity contribution in [2.45, 2.75) is 45.8 Å². The summed E-state index contributed by atoms with van der Waals surface area (Å²) in [6, 6.07) is 18.3. The normalized spacial score (nSPS) is 13.3. The molecule has 5 heteroatoms. The molecular formula is C24H27N3O2. The van der Waals surface area contributed by atoms with Gasteiger partial charge >= 0.3 is 0 Å².